The number of carboxylic acid groups (broad SMARTS) is 1. The molecule has 1 aliphatic rings. The number of ether oxygens (including phenoxy) is 2. The molecule has 0 saturated carbocycles. The van der Waals surface area contributed by atoms with Crippen molar-refractivity contribution in [2.45, 2.75) is 32.5 Å². The highest BCUT2D eigenvalue weighted by Crippen LogP contribution is 2.40. The minimum absolute atomic E-state index is 0.0237. The molecule has 0 bridgehead atoms. The van der Waals surface area contributed by atoms with Crippen LogP contribution in [-0.4, -0.2) is 46.0 Å². The number of ketones is 1. The molecule has 1 aliphatic heterocycles. The van der Waals surface area contributed by atoms with Crippen LogP contribution in [0.4, 0.5) is 0 Å². The Morgan fingerprint density at radius 3 is 1.97 bits per heavy atom. The number of Topliss-reactive ketones (excluding diaryl/α,β-unsaturated/α-hetero) is 1. The molecule has 0 aromatic heterocycles. The van der Waals surface area contributed by atoms with Gasteiger partial charge in [-0.05, 0) is 73.5 Å². The number of hydrogen-bond donors (Lipinski definition) is 2. The second-order valence-electron chi connectivity index (χ2n) is 8.89. The monoisotopic (exact) mass is 501 g/mol. The maximum Gasteiger partial charge on any atom is 0.335 e. The summed E-state index contributed by atoms with van der Waals surface area (Å²) >= 11 is 0. The number of carbonyl (C=O) groups is 3. The second-order valence-corrected chi connectivity index (χ2v) is 8.89. The molecule has 190 valence electrons. The lowest BCUT2D eigenvalue weighted by atomic mass is 9.95. The summed E-state index contributed by atoms with van der Waals surface area (Å²) in [6.07, 6.45) is -0.0237. The maximum absolute atomic E-state index is 13.2. The van der Waals surface area contributed by atoms with Crippen LogP contribution in [0.3, 0.4) is 0 Å². The van der Waals surface area contributed by atoms with Gasteiger partial charge < -0.3 is 24.6 Å². The van der Waals surface area contributed by atoms with Crippen LogP contribution in [-0.2, 0) is 16.1 Å². The second kappa shape index (κ2) is 10.6. The van der Waals surface area contributed by atoms with E-state index in [1.54, 1.807) is 60.7 Å². The third-order valence-electron chi connectivity index (χ3n) is 6.02. The molecule has 1 unspecified atom stereocenters. The van der Waals surface area contributed by atoms with Crippen molar-refractivity contribution in [3.05, 3.63) is 101 Å². The summed E-state index contributed by atoms with van der Waals surface area (Å²) < 4.78 is 10.9. The zero-order valence-corrected chi connectivity index (χ0v) is 20.7. The summed E-state index contributed by atoms with van der Waals surface area (Å²) in [5.74, 6) is -1.70. The number of amides is 1. The molecular formula is C29H27NO7. The van der Waals surface area contributed by atoms with Gasteiger partial charge in [0.2, 0.25) is 0 Å². The smallest absolute Gasteiger partial charge is 0.335 e. The van der Waals surface area contributed by atoms with E-state index < -0.39 is 23.7 Å². The molecule has 1 saturated heterocycles. The number of aromatic carboxylic acids is 1. The summed E-state index contributed by atoms with van der Waals surface area (Å²) in [6, 6.07) is 18.8. The molecule has 3 aromatic rings. The summed E-state index contributed by atoms with van der Waals surface area (Å²) in [5, 5.41) is 20.4. The predicted octanol–water partition coefficient (Wildman–Crippen LogP) is 4.80. The van der Waals surface area contributed by atoms with E-state index in [-0.39, 0.29) is 29.5 Å². The van der Waals surface area contributed by atoms with E-state index in [1.165, 1.54) is 24.1 Å². The first-order valence-corrected chi connectivity index (χ1v) is 11.7. The number of rotatable bonds is 8. The van der Waals surface area contributed by atoms with Crippen molar-refractivity contribution in [3.63, 3.8) is 0 Å². The first-order chi connectivity index (χ1) is 17.7. The fourth-order valence-corrected chi connectivity index (χ4v) is 4.24. The SMILES string of the molecule is COc1ccc(C2/C(=C(\O)c3ccc(OC(C)C)cc3)C(=O)C(=O)N2Cc2ccc(C(=O)O)cc2)cc1. The molecule has 1 heterocycles. The van der Waals surface area contributed by atoms with Crippen molar-refractivity contribution in [1.82, 2.24) is 4.90 Å². The molecule has 1 amide bonds. The van der Waals surface area contributed by atoms with Gasteiger partial charge in [0.15, 0.2) is 0 Å². The molecule has 8 nitrogen and oxygen atoms in total. The fraction of sp³-hybridized carbons (Fsp3) is 0.207. The predicted molar refractivity (Wildman–Crippen MR) is 136 cm³/mol. The van der Waals surface area contributed by atoms with Crippen LogP contribution >= 0.6 is 0 Å². The van der Waals surface area contributed by atoms with Gasteiger partial charge in [-0.15, -0.1) is 0 Å². The van der Waals surface area contributed by atoms with Crippen LogP contribution in [0.25, 0.3) is 5.76 Å². The van der Waals surface area contributed by atoms with Gasteiger partial charge in [-0.1, -0.05) is 24.3 Å². The van der Waals surface area contributed by atoms with E-state index >= 15 is 0 Å². The standard InChI is InChI=1S/C29H27NO7/c1-17(2)37-23-14-10-20(11-15-23)26(31)24-25(19-8-12-22(36-3)13-9-19)30(28(33)27(24)32)16-18-4-6-21(7-5-18)29(34)35/h4-15,17,25,31H,16H2,1-3H3,(H,34,35)/b26-24+. The molecule has 3 aromatic carbocycles. The number of methoxy groups -OCH3 is 1. The van der Waals surface area contributed by atoms with Gasteiger partial charge in [0, 0.05) is 12.1 Å². The van der Waals surface area contributed by atoms with Crippen LogP contribution in [0, 0.1) is 0 Å². The number of carbonyl (C=O) groups excluding carboxylic acids is 2. The van der Waals surface area contributed by atoms with Gasteiger partial charge in [-0.3, -0.25) is 9.59 Å². The van der Waals surface area contributed by atoms with E-state index in [1.807, 2.05) is 13.8 Å². The van der Waals surface area contributed by atoms with E-state index in [4.69, 9.17) is 9.47 Å². The molecule has 0 aliphatic carbocycles. The quantitative estimate of drug-likeness (QED) is 0.259. The summed E-state index contributed by atoms with van der Waals surface area (Å²) in [4.78, 5) is 39.0. The van der Waals surface area contributed by atoms with Gasteiger partial charge in [0.25, 0.3) is 11.7 Å². The molecule has 2 N–H and O–H groups in total. The third kappa shape index (κ3) is 5.33. The van der Waals surface area contributed by atoms with Gasteiger partial charge in [0.1, 0.15) is 17.3 Å². The normalized spacial score (nSPS) is 16.8. The van der Waals surface area contributed by atoms with Crippen molar-refractivity contribution >= 4 is 23.4 Å². The molecule has 8 heteroatoms. The lowest BCUT2D eigenvalue weighted by Crippen LogP contribution is -2.29. The summed E-state index contributed by atoms with van der Waals surface area (Å²) in [7, 11) is 1.54. The number of benzene rings is 3. The van der Waals surface area contributed by atoms with Crippen LogP contribution in [0.5, 0.6) is 11.5 Å². The minimum atomic E-state index is -1.06. The number of likely N-dealkylation sites (tertiary alicyclic amines) is 1. The van der Waals surface area contributed by atoms with Crippen LogP contribution in [0.2, 0.25) is 0 Å². The lowest BCUT2D eigenvalue weighted by Gasteiger charge is -2.25. The van der Waals surface area contributed by atoms with Crippen LogP contribution < -0.4 is 9.47 Å². The average molecular weight is 502 g/mol. The molecule has 37 heavy (non-hydrogen) atoms. The Bertz CT molecular complexity index is 1340. The van der Waals surface area contributed by atoms with Crippen molar-refractivity contribution in [3.8, 4) is 11.5 Å². The van der Waals surface area contributed by atoms with Crippen LogP contribution in [0.1, 0.15) is 46.9 Å². The number of aliphatic hydroxyl groups excluding tert-OH is 1. The third-order valence-corrected chi connectivity index (χ3v) is 6.02. The van der Waals surface area contributed by atoms with Crippen LogP contribution in [0.15, 0.2) is 78.4 Å². The van der Waals surface area contributed by atoms with E-state index in [0.29, 0.717) is 28.2 Å². The van der Waals surface area contributed by atoms with E-state index in [9.17, 15) is 24.6 Å². The molecular weight excluding hydrogens is 474 g/mol. The Labute approximate surface area is 214 Å². The highest BCUT2D eigenvalue weighted by molar-refractivity contribution is 6.46. The number of hydrogen-bond acceptors (Lipinski definition) is 6. The van der Waals surface area contributed by atoms with Gasteiger partial charge >= 0.3 is 5.97 Å². The van der Waals surface area contributed by atoms with Gasteiger partial charge in [-0.2, -0.15) is 0 Å². The summed E-state index contributed by atoms with van der Waals surface area (Å²) in [6.45, 7) is 3.85. The Kier molecular flexibility index (Phi) is 7.29. The number of nitrogens with zero attached hydrogens (tertiary/aromatic N) is 1. The number of carboxylic acids is 1. The molecule has 0 radical (unpaired) electrons. The zero-order valence-electron chi connectivity index (χ0n) is 20.7. The largest absolute Gasteiger partial charge is 0.507 e. The van der Waals surface area contributed by atoms with E-state index in [0.717, 1.165) is 0 Å². The lowest BCUT2D eigenvalue weighted by molar-refractivity contribution is -0.140. The Morgan fingerprint density at radius 1 is 0.865 bits per heavy atom. The molecule has 1 atom stereocenters. The maximum atomic E-state index is 13.2. The minimum Gasteiger partial charge on any atom is -0.507 e. The average Bonchev–Trinajstić information content (AvgIpc) is 3.13. The molecule has 1 fully saturated rings. The van der Waals surface area contributed by atoms with Gasteiger partial charge in [0.05, 0.1) is 30.4 Å². The van der Waals surface area contributed by atoms with Crippen molar-refractivity contribution in [1.29, 1.82) is 0 Å². The zero-order chi connectivity index (χ0) is 26.7. The van der Waals surface area contributed by atoms with Crippen molar-refractivity contribution < 1.29 is 34.1 Å². The highest BCUT2D eigenvalue weighted by Gasteiger charge is 2.46. The first kappa shape index (κ1) is 25.5. The first-order valence-electron chi connectivity index (χ1n) is 11.7. The van der Waals surface area contributed by atoms with Crippen molar-refractivity contribution in [2.24, 2.45) is 0 Å². The molecule has 0 spiro atoms. The topological polar surface area (TPSA) is 113 Å². The molecule has 4 rings (SSSR count). The Hall–Kier alpha value is -4.59. The number of aliphatic hydroxyl groups is 1. The van der Waals surface area contributed by atoms with E-state index in [2.05, 4.69) is 0 Å². The fourth-order valence-electron chi connectivity index (χ4n) is 4.24. The Morgan fingerprint density at radius 2 is 1.43 bits per heavy atom. The van der Waals surface area contributed by atoms with Crippen molar-refractivity contribution in [2.75, 3.05) is 7.11 Å². The highest BCUT2D eigenvalue weighted by atomic mass is 16.5. The Balaban J connectivity index is 1.77. The van der Waals surface area contributed by atoms with Gasteiger partial charge in [-0.25, -0.2) is 4.79 Å². The summed E-state index contributed by atoms with van der Waals surface area (Å²) in [5.41, 5.74) is 1.71.